The molecule has 5 atom stereocenters. The Morgan fingerprint density at radius 1 is 0.848 bits per heavy atom. The third-order valence-electron chi connectivity index (χ3n) is 5.74. The first-order chi connectivity index (χ1) is 15.9. The van der Waals surface area contributed by atoms with Crippen molar-refractivity contribution in [2.75, 3.05) is 27.6 Å². The standard InChI is InChI=1S/C23H28O10/c1-28-16-8-13(4-3-12-5-6-14-15(7-12)31-11-30-14)9-17(29-2)22(16)33-23-21(27)20(26)19(25)18(10-24)32-23/h5-9,18-21,23-27H,3-4,10-11H2,1-2H3/t18-,19-,20+,21-,23+/m1/s1. The lowest BCUT2D eigenvalue weighted by molar-refractivity contribution is -0.277. The molecular formula is C23H28O10. The molecule has 2 aromatic rings. The van der Waals surface area contributed by atoms with Crippen molar-refractivity contribution in [3.05, 3.63) is 41.5 Å². The summed E-state index contributed by atoms with van der Waals surface area (Å²) in [6, 6.07) is 9.39. The highest BCUT2D eigenvalue weighted by Gasteiger charge is 2.45. The third-order valence-corrected chi connectivity index (χ3v) is 5.74. The molecule has 0 saturated carbocycles. The minimum atomic E-state index is -1.56. The van der Waals surface area contributed by atoms with E-state index in [1.807, 2.05) is 18.2 Å². The molecule has 1 saturated heterocycles. The Morgan fingerprint density at radius 3 is 2.18 bits per heavy atom. The lowest BCUT2D eigenvalue weighted by atomic mass is 9.99. The minimum Gasteiger partial charge on any atom is -0.493 e. The van der Waals surface area contributed by atoms with Crippen LogP contribution in [0.5, 0.6) is 28.7 Å². The molecule has 0 spiro atoms. The van der Waals surface area contributed by atoms with Gasteiger partial charge in [0.25, 0.3) is 0 Å². The Labute approximate surface area is 190 Å². The number of hydrogen-bond donors (Lipinski definition) is 4. The quantitative estimate of drug-likeness (QED) is 0.434. The maximum Gasteiger partial charge on any atom is 0.231 e. The van der Waals surface area contributed by atoms with Gasteiger partial charge in [0.05, 0.1) is 20.8 Å². The second-order valence-corrected chi connectivity index (χ2v) is 7.83. The Kier molecular flexibility index (Phi) is 7.11. The summed E-state index contributed by atoms with van der Waals surface area (Å²) < 4.78 is 33.0. The van der Waals surface area contributed by atoms with Crippen molar-refractivity contribution in [1.29, 1.82) is 0 Å². The van der Waals surface area contributed by atoms with Crippen LogP contribution in [0.4, 0.5) is 0 Å². The summed E-state index contributed by atoms with van der Waals surface area (Å²) in [5, 5.41) is 39.7. The van der Waals surface area contributed by atoms with Gasteiger partial charge in [-0.3, -0.25) is 0 Å². The van der Waals surface area contributed by atoms with E-state index in [0.29, 0.717) is 17.9 Å². The minimum absolute atomic E-state index is 0.163. The average Bonchev–Trinajstić information content (AvgIpc) is 3.31. The van der Waals surface area contributed by atoms with Gasteiger partial charge < -0.3 is 48.8 Å². The van der Waals surface area contributed by atoms with Crippen LogP contribution >= 0.6 is 0 Å². The molecule has 2 aliphatic rings. The Bertz CT molecular complexity index is 937. The van der Waals surface area contributed by atoms with Crippen molar-refractivity contribution < 1.29 is 48.8 Å². The molecule has 0 bridgehead atoms. The van der Waals surface area contributed by atoms with Gasteiger partial charge in [0.15, 0.2) is 23.0 Å². The molecule has 2 aliphatic heterocycles. The van der Waals surface area contributed by atoms with Gasteiger partial charge in [-0.25, -0.2) is 0 Å². The average molecular weight is 464 g/mol. The van der Waals surface area contributed by atoms with Gasteiger partial charge in [-0.15, -0.1) is 0 Å². The molecule has 33 heavy (non-hydrogen) atoms. The van der Waals surface area contributed by atoms with E-state index in [9.17, 15) is 20.4 Å². The van der Waals surface area contributed by atoms with Gasteiger partial charge in [0.1, 0.15) is 24.4 Å². The second-order valence-electron chi connectivity index (χ2n) is 7.83. The molecule has 0 radical (unpaired) electrons. The van der Waals surface area contributed by atoms with Crippen LogP contribution in [-0.4, -0.2) is 78.8 Å². The summed E-state index contributed by atoms with van der Waals surface area (Å²) in [7, 11) is 2.94. The Morgan fingerprint density at radius 2 is 1.52 bits per heavy atom. The largest absolute Gasteiger partial charge is 0.493 e. The number of hydrogen-bond acceptors (Lipinski definition) is 10. The second kappa shape index (κ2) is 10.0. The molecule has 4 N–H and O–H groups in total. The molecule has 2 heterocycles. The van der Waals surface area contributed by atoms with Crippen molar-refractivity contribution in [3.63, 3.8) is 0 Å². The topological polar surface area (TPSA) is 136 Å². The van der Waals surface area contributed by atoms with E-state index in [2.05, 4.69) is 0 Å². The van der Waals surface area contributed by atoms with Crippen molar-refractivity contribution in [2.45, 2.75) is 43.5 Å². The first-order valence-electron chi connectivity index (χ1n) is 10.6. The molecule has 0 aromatic heterocycles. The molecule has 10 nitrogen and oxygen atoms in total. The number of ether oxygens (including phenoxy) is 6. The van der Waals surface area contributed by atoms with Gasteiger partial charge >= 0.3 is 0 Å². The molecular weight excluding hydrogens is 436 g/mol. The number of aryl methyl sites for hydroxylation is 2. The van der Waals surface area contributed by atoms with Crippen LogP contribution in [0.15, 0.2) is 30.3 Å². The van der Waals surface area contributed by atoms with E-state index in [1.165, 1.54) is 14.2 Å². The summed E-state index contributed by atoms with van der Waals surface area (Å²) in [5.74, 6) is 2.30. The van der Waals surface area contributed by atoms with Crippen molar-refractivity contribution in [3.8, 4) is 28.7 Å². The van der Waals surface area contributed by atoms with Gasteiger partial charge in [0.2, 0.25) is 18.8 Å². The molecule has 4 rings (SSSR count). The number of rotatable bonds is 8. The van der Waals surface area contributed by atoms with Crippen LogP contribution in [0.1, 0.15) is 11.1 Å². The molecule has 2 aromatic carbocycles. The van der Waals surface area contributed by atoms with Crippen LogP contribution in [0.25, 0.3) is 0 Å². The zero-order chi connectivity index (χ0) is 23.5. The van der Waals surface area contributed by atoms with Gasteiger partial charge in [-0.2, -0.15) is 0 Å². The maximum absolute atomic E-state index is 10.3. The lowest BCUT2D eigenvalue weighted by Gasteiger charge is -2.39. The first-order valence-corrected chi connectivity index (χ1v) is 10.6. The third kappa shape index (κ3) is 4.80. The van der Waals surface area contributed by atoms with Crippen LogP contribution in [0.2, 0.25) is 0 Å². The highest BCUT2D eigenvalue weighted by molar-refractivity contribution is 5.54. The monoisotopic (exact) mass is 464 g/mol. The summed E-state index contributed by atoms with van der Waals surface area (Å²) >= 11 is 0. The molecule has 1 fully saturated rings. The lowest BCUT2D eigenvalue weighted by Crippen LogP contribution is -2.60. The number of aliphatic hydroxyl groups excluding tert-OH is 4. The fourth-order valence-corrected chi connectivity index (χ4v) is 3.86. The van der Waals surface area contributed by atoms with Crippen molar-refractivity contribution >= 4 is 0 Å². The van der Waals surface area contributed by atoms with Crippen LogP contribution in [0.3, 0.4) is 0 Å². The number of aliphatic hydroxyl groups is 4. The fourth-order valence-electron chi connectivity index (χ4n) is 3.86. The Balaban J connectivity index is 1.52. The number of methoxy groups -OCH3 is 2. The van der Waals surface area contributed by atoms with Crippen molar-refractivity contribution in [2.24, 2.45) is 0 Å². The predicted molar refractivity (Wildman–Crippen MR) is 114 cm³/mol. The van der Waals surface area contributed by atoms with Gasteiger partial charge in [-0.05, 0) is 48.2 Å². The van der Waals surface area contributed by atoms with Crippen LogP contribution in [0, 0.1) is 0 Å². The van der Waals surface area contributed by atoms with E-state index in [4.69, 9.17) is 28.4 Å². The smallest absolute Gasteiger partial charge is 0.231 e. The number of benzene rings is 2. The normalized spacial score (nSPS) is 26.2. The summed E-state index contributed by atoms with van der Waals surface area (Å²) in [5.41, 5.74) is 2.00. The van der Waals surface area contributed by atoms with Crippen molar-refractivity contribution in [1.82, 2.24) is 0 Å². The SMILES string of the molecule is COc1cc(CCc2ccc3c(c2)OCO3)cc(OC)c1O[C@@H]1O[C@H](CO)[C@@H](O)[C@H](O)[C@H]1O. The fraction of sp³-hybridized carbons (Fsp3) is 0.478. The van der Waals surface area contributed by atoms with E-state index >= 15 is 0 Å². The first kappa shape index (κ1) is 23.4. The van der Waals surface area contributed by atoms with E-state index in [-0.39, 0.29) is 12.5 Å². The highest BCUT2D eigenvalue weighted by atomic mass is 16.7. The zero-order valence-corrected chi connectivity index (χ0v) is 18.3. The van der Waals surface area contributed by atoms with Crippen LogP contribution < -0.4 is 23.7 Å². The zero-order valence-electron chi connectivity index (χ0n) is 18.3. The number of fused-ring (bicyclic) bond motifs is 1. The predicted octanol–water partition coefficient (Wildman–Crippen LogP) is 0.396. The Hall–Kier alpha value is -2.76. The van der Waals surface area contributed by atoms with E-state index in [0.717, 1.165) is 29.0 Å². The summed E-state index contributed by atoms with van der Waals surface area (Å²) in [6.07, 6.45) is -5.63. The molecule has 0 amide bonds. The van der Waals surface area contributed by atoms with Gasteiger partial charge in [-0.1, -0.05) is 6.07 Å². The highest BCUT2D eigenvalue weighted by Crippen LogP contribution is 2.41. The van der Waals surface area contributed by atoms with E-state index < -0.39 is 37.3 Å². The summed E-state index contributed by atoms with van der Waals surface area (Å²) in [4.78, 5) is 0. The molecule has 0 unspecified atom stereocenters. The van der Waals surface area contributed by atoms with E-state index in [1.54, 1.807) is 12.1 Å². The molecule has 0 aliphatic carbocycles. The maximum atomic E-state index is 10.3. The van der Waals surface area contributed by atoms with Crippen LogP contribution in [-0.2, 0) is 17.6 Å². The summed E-state index contributed by atoms with van der Waals surface area (Å²) in [6.45, 7) is -0.332. The molecule has 180 valence electrons. The molecule has 10 heteroatoms. The van der Waals surface area contributed by atoms with Gasteiger partial charge in [0, 0.05) is 0 Å².